The minimum absolute atomic E-state index is 0.474. The molecule has 0 bridgehead atoms. The van der Waals surface area contributed by atoms with Gasteiger partial charge in [-0.2, -0.15) is 0 Å². The van der Waals surface area contributed by atoms with Crippen molar-refractivity contribution in [3.8, 4) is 5.75 Å². The van der Waals surface area contributed by atoms with Gasteiger partial charge in [0, 0.05) is 24.5 Å². The maximum Gasteiger partial charge on any atom is 0.417 e. The van der Waals surface area contributed by atoms with Crippen LogP contribution in [0.1, 0.15) is 16.7 Å². The van der Waals surface area contributed by atoms with E-state index in [0.29, 0.717) is 5.75 Å². The zero-order valence-electron chi connectivity index (χ0n) is 15.3. The largest absolute Gasteiger partial charge is 0.417 e. The Bertz CT molecular complexity index is 936. The summed E-state index contributed by atoms with van der Waals surface area (Å²) in [5.74, 6) is 0.569. The summed E-state index contributed by atoms with van der Waals surface area (Å²) < 4.78 is 5.46. The normalized spacial score (nSPS) is 12.6. The molecule has 136 valence electrons. The number of anilines is 2. The molecular weight excluding hydrogens is 336 g/mol. The smallest absolute Gasteiger partial charge is 0.410 e. The average Bonchev–Trinajstić information content (AvgIpc) is 3.06. The van der Waals surface area contributed by atoms with E-state index in [-0.39, 0.29) is 0 Å². The molecule has 0 saturated carbocycles. The fourth-order valence-corrected chi connectivity index (χ4v) is 3.37. The van der Waals surface area contributed by atoms with Crippen LogP contribution in [0.15, 0.2) is 72.8 Å². The molecule has 0 aliphatic carbocycles. The number of hydrogen-bond acceptors (Lipinski definition) is 3. The number of nitrogens with zero attached hydrogens (tertiary/aromatic N) is 1. The molecule has 0 fully saturated rings. The summed E-state index contributed by atoms with van der Waals surface area (Å²) in [7, 11) is 0. The predicted molar refractivity (Wildman–Crippen MR) is 108 cm³/mol. The Morgan fingerprint density at radius 3 is 2.59 bits per heavy atom. The molecule has 3 aromatic carbocycles. The molecule has 1 amide bonds. The summed E-state index contributed by atoms with van der Waals surface area (Å²) >= 11 is 0. The topological polar surface area (TPSA) is 41.6 Å². The molecule has 1 heterocycles. The van der Waals surface area contributed by atoms with Crippen LogP contribution in [0.4, 0.5) is 16.2 Å². The number of rotatable bonds is 4. The molecule has 1 N–H and O–H groups in total. The highest BCUT2D eigenvalue weighted by Crippen LogP contribution is 2.32. The maximum atomic E-state index is 12.1. The van der Waals surface area contributed by atoms with Crippen molar-refractivity contribution in [2.45, 2.75) is 19.9 Å². The summed E-state index contributed by atoms with van der Waals surface area (Å²) in [4.78, 5) is 14.5. The Kier molecular flexibility index (Phi) is 4.79. The maximum absolute atomic E-state index is 12.1. The number of hydrogen-bond donors (Lipinski definition) is 1. The molecule has 0 atom stereocenters. The molecule has 0 unspecified atom stereocenters. The van der Waals surface area contributed by atoms with E-state index in [1.807, 2.05) is 55.5 Å². The first-order valence-corrected chi connectivity index (χ1v) is 9.15. The summed E-state index contributed by atoms with van der Waals surface area (Å²) in [5.41, 5.74) is 5.59. The lowest BCUT2D eigenvalue weighted by molar-refractivity contribution is 0.215. The van der Waals surface area contributed by atoms with E-state index in [1.165, 1.54) is 16.8 Å². The lowest BCUT2D eigenvalue weighted by Crippen LogP contribution is -2.19. The molecule has 4 rings (SSSR count). The monoisotopic (exact) mass is 358 g/mol. The van der Waals surface area contributed by atoms with Crippen molar-refractivity contribution in [2.24, 2.45) is 0 Å². The Hall–Kier alpha value is -3.27. The first kappa shape index (κ1) is 17.2. The number of benzene rings is 3. The van der Waals surface area contributed by atoms with Gasteiger partial charge in [0.05, 0.1) is 0 Å². The van der Waals surface area contributed by atoms with Crippen LogP contribution in [0.25, 0.3) is 0 Å². The number of ether oxygens (including phenoxy) is 1. The van der Waals surface area contributed by atoms with Gasteiger partial charge >= 0.3 is 6.09 Å². The van der Waals surface area contributed by atoms with Crippen molar-refractivity contribution in [3.05, 3.63) is 89.5 Å². The summed E-state index contributed by atoms with van der Waals surface area (Å²) in [6.45, 7) is 3.87. The highest BCUT2D eigenvalue weighted by molar-refractivity contribution is 5.86. The Morgan fingerprint density at radius 2 is 1.81 bits per heavy atom. The zero-order chi connectivity index (χ0) is 18.6. The molecule has 0 saturated heterocycles. The number of nitrogens with one attached hydrogen (secondary N) is 1. The number of aryl methyl sites for hydroxylation is 1. The molecule has 27 heavy (non-hydrogen) atoms. The molecule has 1 aliphatic heterocycles. The van der Waals surface area contributed by atoms with Gasteiger partial charge in [-0.3, -0.25) is 5.32 Å². The van der Waals surface area contributed by atoms with Crippen LogP contribution in [-0.4, -0.2) is 12.6 Å². The van der Waals surface area contributed by atoms with Crippen LogP contribution >= 0.6 is 0 Å². The number of fused-ring (bicyclic) bond motifs is 1. The second-order valence-electron chi connectivity index (χ2n) is 6.83. The molecule has 0 radical (unpaired) electrons. The van der Waals surface area contributed by atoms with Crippen molar-refractivity contribution in [2.75, 3.05) is 16.8 Å². The van der Waals surface area contributed by atoms with E-state index in [2.05, 4.69) is 34.5 Å². The van der Waals surface area contributed by atoms with Gasteiger partial charge < -0.3 is 9.64 Å². The Labute approximate surface area is 159 Å². The third kappa shape index (κ3) is 4.11. The van der Waals surface area contributed by atoms with Crippen LogP contribution in [0, 0.1) is 6.92 Å². The van der Waals surface area contributed by atoms with Gasteiger partial charge in [0.15, 0.2) is 0 Å². The first-order chi connectivity index (χ1) is 13.2. The standard InChI is InChI=1S/C23H22N2O2/c1-17-7-9-20(10-8-17)24-23(26)27-21-11-12-22-19(15-21)13-14-25(22)16-18-5-3-2-4-6-18/h2-12,15H,13-14,16H2,1H3,(H,24,26). The van der Waals surface area contributed by atoms with Crippen molar-refractivity contribution in [1.29, 1.82) is 0 Å². The fourth-order valence-electron chi connectivity index (χ4n) is 3.37. The quantitative estimate of drug-likeness (QED) is 0.700. The molecule has 4 nitrogen and oxygen atoms in total. The second kappa shape index (κ2) is 7.54. The van der Waals surface area contributed by atoms with Crippen LogP contribution in [-0.2, 0) is 13.0 Å². The molecule has 0 spiro atoms. The van der Waals surface area contributed by atoms with Crippen LogP contribution < -0.4 is 15.0 Å². The molecular formula is C23H22N2O2. The SMILES string of the molecule is Cc1ccc(NC(=O)Oc2ccc3c(c2)CCN3Cc2ccccc2)cc1. The fraction of sp³-hybridized carbons (Fsp3) is 0.174. The van der Waals surface area contributed by atoms with E-state index in [1.54, 1.807) is 0 Å². The minimum atomic E-state index is -0.474. The third-order valence-electron chi connectivity index (χ3n) is 4.77. The highest BCUT2D eigenvalue weighted by atomic mass is 16.6. The van der Waals surface area contributed by atoms with E-state index in [0.717, 1.165) is 30.8 Å². The van der Waals surface area contributed by atoms with Gasteiger partial charge in [-0.05, 0) is 54.8 Å². The number of carbonyl (C=O) groups excluding carboxylic acids is 1. The highest BCUT2D eigenvalue weighted by Gasteiger charge is 2.20. The van der Waals surface area contributed by atoms with Gasteiger partial charge in [-0.15, -0.1) is 0 Å². The van der Waals surface area contributed by atoms with Crippen LogP contribution in [0.2, 0.25) is 0 Å². The van der Waals surface area contributed by atoms with E-state index >= 15 is 0 Å². The molecule has 4 heteroatoms. The number of amides is 1. The van der Waals surface area contributed by atoms with Gasteiger partial charge in [-0.1, -0.05) is 48.0 Å². The Morgan fingerprint density at radius 1 is 1.04 bits per heavy atom. The van der Waals surface area contributed by atoms with Gasteiger partial charge in [0.1, 0.15) is 5.75 Å². The Balaban J connectivity index is 1.41. The molecule has 3 aromatic rings. The van der Waals surface area contributed by atoms with Crippen molar-refractivity contribution < 1.29 is 9.53 Å². The van der Waals surface area contributed by atoms with Gasteiger partial charge in [0.25, 0.3) is 0 Å². The lowest BCUT2D eigenvalue weighted by atomic mass is 10.1. The average molecular weight is 358 g/mol. The van der Waals surface area contributed by atoms with Gasteiger partial charge in [0.2, 0.25) is 0 Å². The lowest BCUT2D eigenvalue weighted by Gasteiger charge is -2.19. The first-order valence-electron chi connectivity index (χ1n) is 9.15. The molecule has 0 aromatic heterocycles. The van der Waals surface area contributed by atoms with E-state index in [4.69, 9.17) is 4.74 Å². The van der Waals surface area contributed by atoms with Crippen molar-refractivity contribution >= 4 is 17.5 Å². The zero-order valence-corrected chi connectivity index (χ0v) is 15.3. The van der Waals surface area contributed by atoms with E-state index < -0.39 is 6.09 Å². The summed E-state index contributed by atoms with van der Waals surface area (Å²) in [6.07, 6.45) is 0.483. The van der Waals surface area contributed by atoms with Crippen molar-refractivity contribution in [1.82, 2.24) is 0 Å². The molecule has 1 aliphatic rings. The van der Waals surface area contributed by atoms with Crippen LogP contribution in [0.3, 0.4) is 0 Å². The van der Waals surface area contributed by atoms with Crippen LogP contribution in [0.5, 0.6) is 5.75 Å². The third-order valence-corrected chi connectivity index (χ3v) is 4.77. The summed E-state index contributed by atoms with van der Waals surface area (Å²) in [6, 6.07) is 23.9. The van der Waals surface area contributed by atoms with Gasteiger partial charge in [-0.25, -0.2) is 4.79 Å². The summed E-state index contributed by atoms with van der Waals surface area (Å²) in [5, 5.41) is 2.76. The van der Waals surface area contributed by atoms with E-state index in [9.17, 15) is 4.79 Å². The van der Waals surface area contributed by atoms with Crippen molar-refractivity contribution in [3.63, 3.8) is 0 Å². The second-order valence-corrected chi connectivity index (χ2v) is 6.83. The number of carbonyl (C=O) groups is 1. The predicted octanol–water partition coefficient (Wildman–Crippen LogP) is 5.17. The minimum Gasteiger partial charge on any atom is -0.410 e.